The van der Waals surface area contributed by atoms with Gasteiger partial charge in [-0.1, -0.05) is 29.5 Å². The van der Waals surface area contributed by atoms with E-state index in [2.05, 4.69) is 4.99 Å². The maximum Gasteiger partial charge on any atom is 0.271 e. The molecule has 2 aliphatic rings. The molecule has 2 aromatic rings. The molecule has 0 unspecified atom stereocenters. The number of amides is 1. The minimum atomic E-state index is -0.118. The molecule has 0 aliphatic carbocycles. The maximum absolute atomic E-state index is 12.6. The van der Waals surface area contributed by atoms with Crippen LogP contribution in [0.25, 0.3) is 5.57 Å². The van der Waals surface area contributed by atoms with E-state index in [0.717, 1.165) is 29.0 Å². The summed E-state index contributed by atoms with van der Waals surface area (Å²) in [5.74, 6) is -0.118. The molecule has 0 spiro atoms. The normalized spacial score (nSPS) is 19.3. The highest BCUT2D eigenvalue weighted by molar-refractivity contribution is 7.07. The number of hydrogen-bond donors (Lipinski definition) is 0. The number of hydrogen-bond acceptors (Lipinski definition) is 4. The van der Waals surface area contributed by atoms with E-state index in [9.17, 15) is 9.59 Å². The van der Waals surface area contributed by atoms with Crippen LogP contribution in [0.1, 0.15) is 12.0 Å². The fraction of sp³-hybridized carbons (Fsp3) is 0.267. The van der Waals surface area contributed by atoms with Crippen molar-refractivity contribution in [2.45, 2.75) is 13.0 Å². The first kappa shape index (κ1) is 12.5. The zero-order chi connectivity index (χ0) is 14.6. The van der Waals surface area contributed by atoms with Crippen molar-refractivity contribution in [3.05, 3.63) is 49.5 Å². The van der Waals surface area contributed by atoms with Crippen molar-refractivity contribution < 1.29 is 4.79 Å². The predicted molar refractivity (Wildman–Crippen MR) is 81.2 cm³/mol. The van der Waals surface area contributed by atoms with Crippen LogP contribution >= 0.6 is 11.3 Å². The lowest BCUT2D eigenvalue weighted by Gasteiger charge is -2.07. The number of carbonyl (C=O) groups excluding carboxylic acids is 1. The molecule has 0 saturated carbocycles. The molecule has 0 fully saturated rings. The Balaban J connectivity index is 2.14. The summed E-state index contributed by atoms with van der Waals surface area (Å²) in [6.07, 6.45) is 0.878. The molecule has 5 nitrogen and oxygen atoms in total. The Kier molecular flexibility index (Phi) is 2.62. The Morgan fingerprint density at radius 3 is 2.86 bits per heavy atom. The summed E-state index contributed by atoms with van der Waals surface area (Å²) in [6, 6.07) is 7.58. The summed E-state index contributed by atoms with van der Waals surface area (Å²) in [5, 5.41) is 0. The predicted octanol–water partition coefficient (Wildman–Crippen LogP) is 0.109. The summed E-state index contributed by atoms with van der Waals surface area (Å²) in [5.41, 5.74) is 2.11. The van der Waals surface area contributed by atoms with Crippen LogP contribution in [0.5, 0.6) is 0 Å². The van der Waals surface area contributed by atoms with Gasteiger partial charge in [-0.3, -0.25) is 19.1 Å². The Morgan fingerprint density at radius 1 is 1.24 bits per heavy atom. The number of para-hydroxylation sites is 1. The standard InChI is InChI=1S/C15H13N3O2S/c1-17-10-6-3-2-5-9(10)11(13(17)19)12-14(20)18-8-4-7-16-15(18)21-12/h2-3,5-6H,4,7-8H2,1H3/b12-11+. The third kappa shape index (κ3) is 1.65. The fourth-order valence-electron chi connectivity index (χ4n) is 2.87. The second-order valence-electron chi connectivity index (χ2n) is 5.16. The van der Waals surface area contributed by atoms with Crippen molar-refractivity contribution in [1.82, 2.24) is 4.57 Å². The molecule has 3 heterocycles. The number of fused-ring (bicyclic) bond motifs is 2. The van der Waals surface area contributed by atoms with E-state index in [4.69, 9.17) is 0 Å². The number of nitrogens with zero attached hydrogens (tertiary/aromatic N) is 3. The Bertz CT molecular complexity index is 939. The lowest BCUT2D eigenvalue weighted by Crippen LogP contribution is -2.35. The average Bonchev–Trinajstić information content (AvgIpc) is 2.96. The minimum Gasteiger partial charge on any atom is -0.311 e. The van der Waals surface area contributed by atoms with Crippen LogP contribution in [-0.4, -0.2) is 24.1 Å². The summed E-state index contributed by atoms with van der Waals surface area (Å²) in [4.78, 5) is 31.9. The van der Waals surface area contributed by atoms with Gasteiger partial charge in [0, 0.05) is 25.7 Å². The quantitative estimate of drug-likeness (QED) is 0.693. The monoisotopic (exact) mass is 299 g/mol. The van der Waals surface area contributed by atoms with Crippen molar-refractivity contribution in [3.63, 3.8) is 0 Å². The van der Waals surface area contributed by atoms with Gasteiger partial charge in [0.2, 0.25) is 0 Å². The zero-order valence-electron chi connectivity index (χ0n) is 11.5. The van der Waals surface area contributed by atoms with E-state index in [1.807, 2.05) is 24.3 Å². The van der Waals surface area contributed by atoms with Crippen LogP contribution in [0.3, 0.4) is 0 Å². The van der Waals surface area contributed by atoms with Gasteiger partial charge in [0.25, 0.3) is 11.5 Å². The highest BCUT2D eigenvalue weighted by atomic mass is 32.1. The minimum absolute atomic E-state index is 0.0908. The van der Waals surface area contributed by atoms with Crippen molar-refractivity contribution in [3.8, 4) is 0 Å². The lowest BCUT2D eigenvalue weighted by atomic mass is 10.1. The number of likely N-dealkylation sites (N-methyl/N-ethyl adjacent to an activating group) is 1. The van der Waals surface area contributed by atoms with Crippen molar-refractivity contribution in [2.24, 2.45) is 4.99 Å². The Hall–Kier alpha value is -2.21. The largest absolute Gasteiger partial charge is 0.311 e. The third-order valence-corrected chi connectivity index (χ3v) is 5.05. The smallest absolute Gasteiger partial charge is 0.271 e. The van der Waals surface area contributed by atoms with Crippen LogP contribution in [-0.2, 0) is 11.3 Å². The van der Waals surface area contributed by atoms with E-state index in [1.165, 1.54) is 11.3 Å². The SMILES string of the molecule is CN1C(=O)/C(=c2/sc3n(c2=O)CCCN=3)c2ccccc21. The molecule has 1 aromatic heterocycles. The Labute approximate surface area is 124 Å². The molecule has 21 heavy (non-hydrogen) atoms. The molecule has 0 atom stereocenters. The first-order valence-electron chi connectivity index (χ1n) is 6.84. The van der Waals surface area contributed by atoms with Gasteiger partial charge in [-0.2, -0.15) is 0 Å². The van der Waals surface area contributed by atoms with Gasteiger partial charge in [-0.05, 0) is 12.5 Å². The summed E-state index contributed by atoms with van der Waals surface area (Å²) in [7, 11) is 1.74. The molecule has 0 saturated heterocycles. The molecule has 0 bridgehead atoms. The van der Waals surface area contributed by atoms with Crippen LogP contribution < -0.4 is 19.8 Å². The van der Waals surface area contributed by atoms with Gasteiger partial charge >= 0.3 is 0 Å². The van der Waals surface area contributed by atoms with E-state index in [-0.39, 0.29) is 11.5 Å². The summed E-state index contributed by atoms with van der Waals surface area (Å²) in [6.45, 7) is 1.44. The molecule has 0 N–H and O–H groups in total. The highest BCUT2D eigenvalue weighted by Gasteiger charge is 2.31. The second kappa shape index (κ2) is 4.39. The molecule has 1 aromatic carbocycles. The topological polar surface area (TPSA) is 54.7 Å². The molecular formula is C15H13N3O2S. The Morgan fingerprint density at radius 2 is 2.05 bits per heavy atom. The van der Waals surface area contributed by atoms with Gasteiger partial charge in [-0.25, -0.2) is 0 Å². The number of anilines is 1. The second-order valence-corrected chi connectivity index (χ2v) is 6.14. The van der Waals surface area contributed by atoms with Gasteiger partial charge in [0.15, 0.2) is 4.80 Å². The van der Waals surface area contributed by atoms with Gasteiger partial charge in [-0.15, -0.1) is 0 Å². The van der Waals surface area contributed by atoms with Crippen molar-refractivity contribution in [1.29, 1.82) is 0 Å². The van der Waals surface area contributed by atoms with Crippen LogP contribution in [0.2, 0.25) is 0 Å². The van der Waals surface area contributed by atoms with Gasteiger partial charge in [0.1, 0.15) is 4.53 Å². The van der Waals surface area contributed by atoms with Crippen molar-refractivity contribution >= 4 is 28.5 Å². The number of benzene rings is 1. The van der Waals surface area contributed by atoms with Crippen molar-refractivity contribution in [2.75, 3.05) is 18.5 Å². The zero-order valence-corrected chi connectivity index (χ0v) is 12.3. The van der Waals surface area contributed by atoms with Crippen LogP contribution in [0, 0.1) is 0 Å². The van der Waals surface area contributed by atoms with E-state index in [1.54, 1.807) is 16.5 Å². The summed E-state index contributed by atoms with van der Waals surface area (Å²) < 4.78 is 2.20. The van der Waals surface area contributed by atoms with Crippen LogP contribution in [0.15, 0.2) is 34.1 Å². The molecule has 2 aliphatic heterocycles. The maximum atomic E-state index is 12.6. The molecule has 1 amide bonds. The lowest BCUT2D eigenvalue weighted by molar-refractivity contribution is -0.112. The summed E-state index contributed by atoms with van der Waals surface area (Å²) >= 11 is 1.33. The van der Waals surface area contributed by atoms with Crippen LogP contribution in [0.4, 0.5) is 5.69 Å². The molecule has 6 heteroatoms. The first-order chi connectivity index (χ1) is 10.2. The number of aromatic nitrogens is 1. The number of thiazole rings is 1. The van der Waals surface area contributed by atoms with E-state index < -0.39 is 0 Å². The van der Waals surface area contributed by atoms with E-state index in [0.29, 0.717) is 16.7 Å². The van der Waals surface area contributed by atoms with E-state index >= 15 is 0 Å². The molecule has 4 rings (SSSR count). The average molecular weight is 299 g/mol. The third-order valence-electron chi connectivity index (χ3n) is 3.93. The highest BCUT2D eigenvalue weighted by Crippen LogP contribution is 2.33. The van der Waals surface area contributed by atoms with Gasteiger partial charge < -0.3 is 4.90 Å². The molecule has 106 valence electrons. The number of carbonyl (C=O) groups is 1. The van der Waals surface area contributed by atoms with Gasteiger partial charge in [0.05, 0.1) is 11.3 Å². The molecular weight excluding hydrogens is 286 g/mol. The number of rotatable bonds is 0. The first-order valence-corrected chi connectivity index (χ1v) is 7.66. The fourth-order valence-corrected chi connectivity index (χ4v) is 3.98. The molecule has 0 radical (unpaired) electrons.